The molecule has 8 nitrogen and oxygen atoms in total. The van der Waals surface area contributed by atoms with Gasteiger partial charge in [0.25, 0.3) is 10.2 Å². The number of benzene rings is 1. The molecule has 0 unspecified atom stereocenters. The Kier molecular flexibility index (Phi) is 6.30. The van der Waals surface area contributed by atoms with Gasteiger partial charge < -0.3 is 0 Å². The smallest absolute Gasteiger partial charge is 0.281 e. The van der Waals surface area contributed by atoms with Crippen LogP contribution in [-0.2, 0) is 34.4 Å². The Hall–Kier alpha value is -2.36. The Morgan fingerprint density at radius 1 is 1.07 bits per heavy atom. The molecule has 1 aliphatic rings. The zero-order chi connectivity index (χ0) is 21.2. The van der Waals surface area contributed by atoms with Gasteiger partial charge in [-0.3, -0.25) is 9.69 Å². The van der Waals surface area contributed by atoms with E-state index in [0.29, 0.717) is 31.0 Å². The van der Waals surface area contributed by atoms with E-state index in [4.69, 9.17) is 0 Å². The lowest BCUT2D eigenvalue weighted by atomic mass is 10.0. The van der Waals surface area contributed by atoms with Gasteiger partial charge in [-0.05, 0) is 25.3 Å². The monoisotopic (exact) mass is 417 g/mol. The summed E-state index contributed by atoms with van der Waals surface area (Å²) in [6.07, 6.45) is 1.76. The fraction of sp³-hybridized carbons (Fsp3) is 0.450. The van der Waals surface area contributed by atoms with Gasteiger partial charge in [-0.15, -0.1) is 0 Å². The second kappa shape index (κ2) is 8.56. The van der Waals surface area contributed by atoms with E-state index in [-0.39, 0.29) is 12.5 Å². The normalized spacial score (nSPS) is 14.6. The molecule has 0 radical (unpaired) electrons. The zero-order valence-electron chi connectivity index (χ0n) is 17.3. The van der Waals surface area contributed by atoms with Crippen LogP contribution in [0, 0.1) is 6.92 Å². The molecule has 0 spiro atoms. The molecule has 1 amide bonds. The Balaban J connectivity index is 1.88. The third-order valence-electron chi connectivity index (χ3n) is 5.07. The summed E-state index contributed by atoms with van der Waals surface area (Å²) in [4.78, 5) is 23.4. The lowest BCUT2D eigenvalue weighted by Crippen LogP contribution is -2.39. The number of amides is 1. The van der Waals surface area contributed by atoms with Gasteiger partial charge in [0.2, 0.25) is 5.91 Å². The van der Waals surface area contributed by atoms with Crippen molar-refractivity contribution in [1.29, 1.82) is 0 Å². The summed E-state index contributed by atoms with van der Waals surface area (Å²) >= 11 is 0. The molecule has 0 fully saturated rings. The van der Waals surface area contributed by atoms with Crippen LogP contribution < -0.4 is 4.90 Å². The predicted molar refractivity (Wildman–Crippen MR) is 112 cm³/mol. The number of rotatable bonds is 7. The first kappa shape index (κ1) is 21.4. The lowest BCUT2D eigenvalue weighted by Gasteiger charge is -2.30. The minimum Gasteiger partial charge on any atom is -0.296 e. The van der Waals surface area contributed by atoms with Gasteiger partial charge in [-0.2, -0.15) is 17.0 Å². The summed E-state index contributed by atoms with van der Waals surface area (Å²) in [5.41, 5.74) is 2.90. The fourth-order valence-electron chi connectivity index (χ4n) is 3.38. The number of hydrogen-bond acceptors (Lipinski definition) is 5. The van der Waals surface area contributed by atoms with Crippen LogP contribution in [0.1, 0.15) is 29.1 Å². The molecule has 0 atom stereocenters. The molecule has 156 valence electrons. The largest absolute Gasteiger partial charge is 0.296 e. The molecule has 0 saturated heterocycles. The molecule has 1 aromatic heterocycles. The second-order valence-corrected chi connectivity index (χ2v) is 9.60. The van der Waals surface area contributed by atoms with Crippen molar-refractivity contribution in [3.8, 4) is 0 Å². The van der Waals surface area contributed by atoms with Crippen molar-refractivity contribution in [3.05, 3.63) is 53.0 Å². The Morgan fingerprint density at radius 2 is 1.76 bits per heavy atom. The highest BCUT2D eigenvalue weighted by Crippen LogP contribution is 2.28. The SMILES string of the molecule is Cc1nc(CN(C)S(=O)(=O)N(C)C)nc2c1CCC(=O)N2CCc1ccccc1. The topological polar surface area (TPSA) is 86.7 Å². The van der Waals surface area contributed by atoms with Gasteiger partial charge in [-0.1, -0.05) is 30.3 Å². The first-order chi connectivity index (χ1) is 13.7. The second-order valence-electron chi connectivity index (χ2n) is 7.35. The van der Waals surface area contributed by atoms with E-state index in [2.05, 4.69) is 9.97 Å². The van der Waals surface area contributed by atoms with Crippen molar-refractivity contribution in [3.63, 3.8) is 0 Å². The van der Waals surface area contributed by atoms with Crippen molar-refractivity contribution in [2.24, 2.45) is 0 Å². The number of anilines is 1. The quantitative estimate of drug-likeness (QED) is 0.682. The third kappa shape index (κ3) is 4.63. The molecular formula is C20H27N5O3S. The highest BCUT2D eigenvalue weighted by molar-refractivity contribution is 7.86. The van der Waals surface area contributed by atoms with Gasteiger partial charge in [0.1, 0.15) is 11.6 Å². The summed E-state index contributed by atoms with van der Waals surface area (Å²) in [6, 6.07) is 9.99. The molecule has 0 saturated carbocycles. The van der Waals surface area contributed by atoms with Crippen LogP contribution in [0.15, 0.2) is 30.3 Å². The molecule has 9 heteroatoms. The van der Waals surface area contributed by atoms with E-state index in [9.17, 15) is 13.2 Å². The number of carbonyl (C=O) groups is 1. The molecule has 0 bridgehead atoms. The van der Waals surface area contributed by atoms with Crippen molar-refractivity contribution < 1.29 is 13.2 Å². The summed E-state index contributed by atoms with van der Waals surface area (Å²) in [5.74, 6) is 1.02. The highest BCUT2D eigenvalue weighted by Gasteiger charge is 2.29. The van der Waals surface area contributed by atoms with Crippen molar-refractivity contribution in [2.75, 3.05) is 32.6 Å². The number of hydrogen-bond donors (Lipinski definition) is 0. The first-order valence-electron chi connectivity index (χ1n) is 9.54. The standard InChI is InChI=1S/C20H27N5O3S/c1-15-17-10-11-19(26)25(13-12-16-8-6-5-7-9-16)20(17)22-18(21-15)14-24(4)29(27,28)23(2)3/h5-9H,10-14H2,1-4H3. The van der Waals surface area contributed by atoms with Gasteiger partial charge in [0.05, 0.1) is 6.54 Å². The number of aryl methyl sites for hydroxylation is 1. The summed E-state index contributed by atoms with van der Waals surface area (Å²) in [7, 11) is 0.880. The molecule has 3 rings (SSSR count). The Bertz CT molecular complexity index is 993. The van der Waals surface area contributed by atoms with Crippen molar-refractivity contribution >= 4 is 21.9 Å². The molecular weight excluding hydrogens is 390 g/mol. The average Bonchev–Trinajstić information content (AvgIpc) is 2.67. The van der Waals surface area contributed by atoms with Crippen LogP contribution in [0.2, 0.25) is 0 Å². The highest BCUT2D eigenvalue weighted by atomic mass is 32.2. The molecule has 2 aromatic rings. The average molecular weight is 418 g/mol. The molecule has 2 heterocycles. The molecule has 1 aromatic carbocycles. The maximum atomic E-state index is 12.6. The van der Waals surface area contributed by atoms with Gasteiger partial charge in [0, 0.05) is 45.4 Å². The summed E-state index contributed by atoms with van der Waals surface area (Å²) < 4.78 is 27.0. The van der Waals surface area contributed by atoms with Crippen molar-refractivity contribution in [1.82, 2.24) is 18.6 Å². The third-order valence-corrected chi connectivity index (χ3v) is 6.91. The van der Waals surface area contributed by atoms with Crippen LogP contribution in [0.25, 0.3) is 0 Å². The fourth-order valence-corrected chi connectivity index (χ4v) is 4.22. The number of carbonyl (C=O) groups excluding carboxylic acids is 1. The van der Waals surface area contributed by atoms with Crippen LogP contribution >= 0.6 is 0 Å². The molecule has 29 heavy (non-hydrogen) atoms. The number of nitrogens with zero attached hydrogens (tertiary/aromatic N) is 5. The van der Waals surface area contributed by atoms with E-state index in [0.717, 1.165) is 27.5 Å². The number of aromatic nitrogens is 2. The van der Waals surface area contributed by atoms with Gasteiger partial charge >= 0.3 is 0 Å². The first-order valence-corrected chi connectivity index (χ1v) is 10.9. The van der Waals surface area contributed by atoms with E-state index in [1.165, 1.54) is 25.4 Å². The summed E-state index contributed by atoms with van der Waals surface area (Å²) in [5, 5.41) is 0. The van der Waals surface area contributed by atoms with E-state index < -0.39 is 10.2 Å². The van der Waals surface area contributed by atoms with E-state index in [1.807, 2.05) is 37.3 Å². The van der Waals surface area contributed by atoms with Crippen LogP contribution in [-0.4, -0.2) is 60.6 Å². The molecule has 1 aliphatic heterocycles. The van der Waals surface area contributed by atoms with Crippen LogP contribution in [0.4, 0.5) is 5.82 Å². The summed E-state index contributed by atoms with van der Waals surface area (Å²) in [6.45, 7) is 2.45. The predicted octanol–water partition coefficient (Wildman–Crippen LogP) is 1.55. The van der Waals surface area contributed by atoms with Crippen LogP contribution in [0.3, 0.4) is 0 Å². The van der Waals surface area contributed by atoms with Crippen LogP contribution in [0.5, 0.6) is 0 Å². The maximum absolute atomic E-state index is 12.6. The molecule has 0 aliphatic carbocycles. The van der Waals surface area contributed by atoms with E-state index >= 15 is 0 Å². The lowest BCUT2D eigenvalue weighted by molar-refractivity contribution is -0.118. The molecule has 0 N–H and O–H groups in total. The number of fused-ring (bicyclic) bond motifs is 1. The van der Waals surface area contributed by atoms with E-state index in [1.54, 1.807) is 4.90 Å². The zero-order valence-corrected chi connectivity index (χ0v) is 18.1. The van der Waals surface area contributed by atoms with Gasteiger partial charge in [-0.25, -0.2) is 9.97 Å². The van der Waals surface area contributed by atoms with Gasteiger partial charge in [0.15, 0.2) is 0 Å². The van der Waals surface area contributed by atoms with Crippen molar-refractivity contribution in [2.45, 2.75) is 32.7 Å². The Labute approximate surface area is 172 Å². The maximum Gasteiger partial charge on any atom is 0.281 e. The minimum absolute atomic E-state index is 0.0340. The minimum atomic E-state index is -3.57. The Morgan fingerprint density at radius 3 is 2.41 bits per heavy atom.